The Bertz CT molecular complexity index is 2950. The average molecular weight is 643 g/mol. The number of pyridine rings is 2. The fourth-order valence-electron chi connectivity index (χ4n) is 7.57. The highest BCUT2D eigenvalue weighted by Gasteiger charge is 2.21. The zero-order valence-electron chi connectivity index (χ0n) is 27.0. The summed E-state index contributed by atoms with van der Waals surface area (Å²) in [6.07, 6.45) is 4.41. The van der Waals surface area contributed by atoms with Crippen LogP contribution < -0.4 is 5.73 Å². The van der Waals surface area contributed by atoms with Gasteiger partial charge < -0.3 is 5.73 Å². The highest BCUT2D eigenvalue weighted by molar-refractivity contribution is 6.22. The van der Waals surface area contributed by atoms with E-state index in [9.17, 15) is 0 Å². The summed E-state index contributed by atoms with van der Waals surface area (Å²) in [6, 6.07) is 50.8. The van der Waals surface area contributed by atoms with E-state index in [2.05, 4.69) is 141 Å². The highest BCUT2D eigenvalue weighted by atomic mass is 15.2. The molecule has 10 rings (SSSR count). The van der Waals surface area contributed by atoms with Crippen LogP contribution in [-0.4, -0.2) is 24.9 Å². The first-order valence-corrected chi connectivity index (χ1v) is 16.8. The highest BCUT2D eigenvalue weighted by Crippen LogP contribution is 2.38. The van der Waals surface area contributed by atoms with Crippen LogP contribution in [-0.2, 0) is 6.42 Å². The first-order valence-electron chi connectivity index (χ1n) is 16.8. The van der Waals surface area contributed by atoms with Crippen molar-refractivity contribution in [2.24, 2.45) is 10.7 Å². The molecule has 0 aliphatic carbocycles. The first-order chi connectivity index (χ1) is 24.7. The molecule has 0 saturated carbocycles. The number of nitrogens with two attached hydrogens (primary N) is 1. The van der Waals surface area contributed by atoms with E-state index >= 15 is 0 Å². The molecule has 0 radical (unpaired) electrons. The number of hydrogen-bond donors (Lipinski definition) is 1. The normalized spacial score (nSPS) is 12.3. The SMILES string of the molecule is NC(=Nc1ccccc1Cc1ccc(-c2cccnc2)cc1)n1c2ccccc2c2ccc3c(nc4c5ccccc5c5ccccc5n34)c21. The number of rotatable bonds is 4. The van der Waals surface area contributed by atoms with Crippen LogP contribution in [0.15, 0.2) is 163 Å². The second-order valence-electron chi connectivity index (χ2n) is 12.7. The summed E-state index contributed by atoms with van der Waals surface area (Å²) in [4.78, 5) is 14.8. The van der Waals surface area contributed by atoms with Gasteiger partial charge in [0.2, 0.25) is 5.96 Å². The molecule has 0 saturated heterocycles. The van der Waals surface area contributed by atoms with E-state index in [4.69, 9.17) is 15.7 Å². The van der Waals surface area contributed by atoms with Crippen LogP contribution in [0.2, 0.25) is 0 Å². The number of hydrogen-bond acceptors (Lipinski definition) is 3. The zero-order chi connectivity index (χ0) is 33.2. The van der Waals surface area contributed by atoms with Gasteiger partial charge >= 0.3 is 0 Å². The van der Waals surface area contributed by atoms with E-state index < -0.39 is 0 Å². The molecule has 0 spiro atoms. The Labute approximate surface area is 287 Å². The van der Waals surface area contributed by atoms with E-state index in [-0.39, 0.29) is 0 Å². The van der Waals surface area contributed by atoms with Crippen molar-refractivity contribution in [2.45, 2.75) is 6.42 Å². The fraction of sp³-hybridized carbons (Fsp3) is 0.0227. The molecule has 50 heavy (non-hydrogen) atoms. The van der Waals surface area contributed by atoms with Crippen molar-refractivity contribution in [3.05, 3.63) is 169 Å². The molecular formula is C44H30N6. The summed E-state index contributed by atoms with van der Waals surface area (Å²) >= 11 is 0. The molecule has 6 heteroatoms. The molecule has 0 aliphatic heterocycles. The van der Waals surface area contributed by atoms with E-state index in [1.54, 1.807) is 6.20 Å². The van der Waals surface area contributed by atoms with Gasteiger partial charge in [-0.15, -0.1) is 0 Å². The Balaban J connectivity index is 1.16. The number of para-hydroxylation sites is 3. The monoisotopic (exact) mass is 642 g/mol. The lowest BCUT2D eigenvalue weighted by Crippen LogP contribution is -2.21. The second kappa shape index (κ2) is 11.1. The van der Waals surface area contributed by atoms with Gasteiger partial charge in [-0.05, 0) is 70.5 Å². The molecule has 10 aromatic rings. The van der Waals surface area contributed by atoms with Gasteiger partial charge in [-0.1, -0.05) is 109 Å². The summed E-state index contributed by atoms with van der Waals surface area (Å²) in [6.45, 7) is 0. The van der Waals surface area contributed by atoms with Crippen molar-refractivity contribution < 1.29 is 0 Å². The lowest BCUT2D eigenvalue weighted by molar-refractivity contribution is 1.16. The van der Waals surface area contributed by atoms with E-state index in [0.29, 0.717) is 5.96 Å². The van der Waals surface area contributed by atoms with Gasteiger partial charge in [0, 0.05) is 33.9 Å². The molecule has 4 heterocycles. The van der Waals surface area contributed by atoms with Crippen LogP contribution in [0.25, 0.3) is 71.3 Å². The predicted octanol–water partition coefficient (Wildman–Crippen LogP) is 10.0. The maximum absolute atomic E-state index is 7.09. The van der Waals surface area contributed by atoms with Gasteiger partial charge in [0.1, 0.15) is 11.2 Å². The Morgan fingerprint density at radius 1 is 0.580 bits per heavy atom. The van der Waals surface area contributed by atoms with Crippen molar-refractivity contribution in [1.82, 2.24) is 18.9 Å². The van der Waals surface area contributed by atoms with Crippen LogP contribution in [0, 0.1) is 0 Å². The van der Waals surface area contributed by atoms with Gasteiger partial charge in [-0.25, -0.2) is 9.98 Å². The van der Waals surface area contributed by atoms with Crippen LogP contribution in [0.5, 0.6) is 0 Å². The zero-order valence-corrected chi connectivity index (χ0v) is 27.0. The van der Waals surface area contributed by atoms with Gasteiger partial charge in [-0.3, -0.25) is 14.0 Å². The van der Waals surface area contributed by atoms with Crippen molar-refractivity contribution in [3.8, 4) is 11.1 Å². The molecule has 0 unspecified atom stereocenters. The van der Waals surface area contributed by atoms with Crippen molar-refractivity contribution >= 4 is 71.8 Å². The van der Waals surface area contributed by atoms with Gasteiger partial charge in [0.25, 0.3) is 0 Å². The van der Waals surface area contributed by atoms with Crippen molar-refractivity contribution in [1.29, 1.82) is 0 Å². The Morgan fingerprint density at radius 3 is 2.08 bits per heavy atom. The van der Waals surface area contributed by atoms with Crippen LogP contribution in [0.3, 0.4) is 0 Å². The molecule has 6 nitrogen and oxygen atoms in total. The van der Waals surface area contributed by atoms with Crippen LogP contribution in [0.4, 0.5) is 5.69 Å². The molecule has 2 N–H and O–H groups in total. The molecular weight excluding hydrogens is 613 g/mol. The first kappa shape index (κ1) is 28.2. The summed E-state index contributed by atoms with van der Waals surface area (Å²) in [7, 11) is 0. The third-order valence-electron chi connectivity index (χ3n) is 9.86. The summed E-state index contributed by atoms with van der Waals surface area (Å²) < 4.78 is 4.37. The molecule has 0 amide bonds. The Hall–Kier alpha value is -6.79. The smallest absolute Gasteiger partial charge is 0.205 e. The lowest BCUT2D eigenvalue weighted by atomic mass is 10.0. The predicted molar refractivity (Wildman–Crippen MR) is 206 cm³/mol. The second-order valence-corrected chi connectivity index (χ2v) is 12.7. The number of fused-ring (bicyclic) bond motifs is 12. The average Bonchev–Trinajstić information content (AvgIpc) is 3.73. The molecule has 0 atom stereocenters. The number of imidazole rings is 1. The van der Waals surface area contributed by atoms with Crippen LogP contribution >= 0.6 is 0 Å². The quantitative estimate of drug-likeness (QED) is 0.118. The minimum atomic E-state index is 0.398. The van der Waals surface area contributed by atoms with E-state index in [0.717, 1.165) is 78.2 Å². The third kappa shape index (κ3) is 4.32. The van der Waals surface area contributed by atoms with Gasteiger partial charge in [0.15, 0.2) is 0 Å². The Kier molecular flexibility index (Phi) is 6.29. The number of benzene rings is 6. The fourth-order valence-corrected chi connectivity index (χ4v) is 7.57. The molecule has 0 fully saturated rings. The lowest BCUT2D eigenvalue weighted by Gasteiger charge is -2.11. The molecule has 0 aliphatic rings. The van der Waals surface area contributed by atoms with Gasteiger partial charge in [-0.2, -0.15) is 0 Å². The van der Waals surface area contributed by atoms with Crippen LogP contribution in [0.1, 0.15) is 11.1 Å². The Morgan fingerprint density at radius 2 is 1.28 bits per heavy atom. The molecule has 0 bridgehead atoms. The van der Waals surface area contributed by atoms with Crippen molar-refractivity contribution in [3.63, 3.8) is 0 Å². The third-order valence-corrected chi connectivity index (χ3v) is 9.86. The maximum Gasteiger partial charge on any atom is 0.205 e. The van der Waals surface area contributed by atoms with Crippen molar-refractivity contribution in [2.75, 3.05) is 0 Å². The van der Waals surface area contributed by atoms with Gasteiger partial charge in [0.05, 0.1) is 27.8 Å². The van der Waals surface area contributed by atoms with E-state index in [1.807, 2.05) is 24.4 Å². The molecule has 6 aromatic carbocycles. The van der Waals surface area contributed by atoms with E-state index in [1.165, 1.54) is 16.3 Å². The standard InChI is InChI=1S/C44H30N6/c45-44(47-37-16-6-1-10-30(37)26-28-19-21-29(22-20-28)31-11-9-25-46-27-31)50-39-18-8-5-14-34(39)35-23-24-40-41(42(35)50)48-43-36-15-3-2-12-32(36)33-13-4-7-17-38(33)49(40)43/h1-25,27H,26H2,(H2,45,47). The topological polar surface area (TPSA) is 73.5 Å². The minimum absolute atomic E-state index is 0.398. The number of nitrogens with zero attached hydrogens (tertiary/aromatic N) is 5. The minimum Gasteiger partial charge on any atom is -0.369 e. The summed E-state index contributed by atoms with van der Waals surface area (Å²) in [5.74, 6) is 0.398. The largest absolute Gasteiger partial charge is 0.369 e. The molecule has 4 aromatic heterocycles. The molecule has 236 valence electrons. The summed E-state index contributed by atoms with van der Waals surface area (Å²) in [5.41, 5.74) is 18.4. The maximum atomic E-state index is 7.09. The number of aliphatic imine (C=N–C) groups is 1. The number of aromatic nitrogens is 4. The summed E-state index contributed by atoms with van der Waals surface area (Å²) in [5, 5.41) is 5.69.